The van der Waals surface area contributed by atoms with Gasteiger partial charge in [-0.1, -0.05) is 12.1 Å². The van der Waals surface area contributed by atoms with Crippen molar-refractivity contribution in [2.45, 2.75) is 18.7 Å². The molecule has 0 aliphatic carbocycles. The van der Waals surface area contributed by atoms with Crippen LogP contribution in [0.15, 0.2) is 47.1 Å². The second-order valence-corrected chi connectivity index (χ2v) is 6.18. The number of sulfonamides is 1. The van der Waals surface area contributed by atoms with Crippen LogP contribution in [-0.2, 0) is 15.8 Å². The molecule has 0 radical (unpaired) electrons. The molecule has 20 heavy (non-hydrogen) atoms. The normalized spacial score (nSPS) is 12.8. The average molecular weight is 290 g/mol. The molecule has 1 N–H and O–H groups in total. The van der Waals surface area contributed by atoms with Crippen LogP contribution in [-0.4, -0.2) is 8.42 Å². The number of nitrogens with zero attached hydrogens (tertiary/aromatic N) is 1. The first-order chi connectivity index (χ1) is 9.50. The largest absolute Gasteiger partial charge is 0.468 e. The van der Waals surface area contributed by atoms with Gasteiger partial charge in [-0.2, -0.15) is 5.26 Å². The Labute approximate surface area is 117 Å². The van der Waals surface area contributed by atoms with Gasteiger partial charge in [-0.25, -0.2) is 13.1 Å². The summed E-state index contributed by atoms with van der Waals surface area (Å²) in [6.07, 6.45) is 1.50. The molecular formula is C14H14N2O3S. The van der Waals surface area contributed by atoms with E-state index in [9.17, 15) is 8.42 Å². The topological polar surface area (TPSA) is 83.1 Å². The predicted molar refractivity (Wildman–Crippen MR) is 74.0 cm³/mol. The molecule has 104 valence electrons. The lowest BCUT2D eigenvalue weighted by Gasteiger charge is -2.12. The lowest BCUT2D eigenvalue weighted by molar-refractivity contribution is 0.459. The van der Waals surface area contributed by atoms with E-state index in [0.717, 1.165) is 0 Å². The van der Waals surface area contributed by atoms with Crippen LogP contribution in [0.1, 0.15) is 29.9 Å². The number of benzene rings is 1. The zero-order valence-corrected chi connectivity index (χ0v) is 11.7. The SMILES string of the molecule is C[C@@H](NS(=O)(=O)Cc1ccc(C#N)cc1)c1ccco1. The molecule has 0 fully saturated rings. The van der Waals surface area contributed by atoms with Crippen LogP contribution in [0.5, 0.6) is 0 Å². The Bertz CT molecular complexity index is 698. The Morgan fingerprint density at radius 3 is 2.55 bits per heavy atom. The smallest absolute Gasteiger partial charge is 0.216 e. The molecule has 0 aliphatic rings. The van der Waals surface area contributed by atoms with Crippen LogP contribution < -0.4 is 4.72 Å². The van der Waals surface area contributed by atoms with E-state index >= 15 is 0 Å². The standard InChI is InChI=1S/C14H14N2O3S/c1-11(14-3-2-8-19-14)16-20(17,18)10-13-6-4-12(9-15)5-7-13/h2-8,11,16H,10H2,1H3/t11-/m1/s1. The van der Waals surface area contributed by atoms with Gasteiger partial charge in [0.2, 0.25) is 10.0 Å². The molecule has 0 bridgehead atoms. The Balaban J connectivity index is 2.05. The summed E-state index contributed by atoms with van der Waals surface area (Å²) in [4.78, 5) is 0. The first-order valence-electron chi connectivity index (χ1n) is 6.02. The molecule has 2 rings (SSSR count). The van der Waals surface area contributed by atoms with Crippen LogP contribution in [0.4, 0.5) is 0 Å². The second kappa shape index (κ2) is 5.90. The number of hydrogen-bond acceptors (Lipinski definition) is 4. The van der Waals surface area contributed by atoms with Gasteiger partial charge in [0.05, 0.1) is 29.7 Å². The van der Waals surface area contributed by atoms with Gasteiger partial charge in [0.25, 0.3) is 0 Å². The van der Waals surface area contributed by atoms with Gasteiger partial charge >= 0.3 is 0 Å². The van der Waals surface area contributed by atoms with Gasteiger partial charge in [-0.05, 0) is 36.8 Å². The van der Waals surface area contributed by atoms with Crippen molar-refractivity contribution in [1.82, 2.24) is 4.72 Å². The third-order valence-corrected chi connectivity index (χ3v) is 4.19. The number of hydrogen-bond donors (Lipinski definition) is 1. The monoisotopic (exact) mass is 290 g/mol. The lowest BCUT2D eigenvalue weighted by atomic mass is 10.2. The minimum atomic E-state index is -3.47. The van der Waals surface area contributed by atoms with Crippen molar-refractivity contribution in [2.75, 3.05) is 0 Å². The molecule has 0 aliphatic heterocycles. The van der Waals surface area contributed by atoms with Crippen molar-refractivity contribution in [3.63, 3.8) is 0 Å². The van der Waals surface area contributed by atoms with Crippen molar-refractivity contribution in [3.8, 4) is 6.07 Å². The molecule has 0 spiro atoms. The highest BCUT2D eigenvalue weighted by molar-refractivity contribution is 7.88. The first-order valence-corrected chi connectivity index (χ1v) is 7.68. The van der Waals surface area contributed by atoms with E-state index in [4.69, 9.17) is 9.68 Å². The molecule has 0 unspecified atom stereocenters. The van der Waals surface area contributed by atoms with Gasteiger partial charge in [-0.15, -0.1) is 0 Å². The van der Waals surface area contributed by atoms with Crippen molar-refractivity contribution in [1.29, 1.82) is 5.26 Å². The van der Waals surface area contributed by atoms with Crippen molar-refractivity contribution >= 4 is 10.0 Å². The molecule has 1 atom stereocenters. The fraction of sp³-hybridized carbons (Fsp3) is 0.214. The maximum atomic E-state index is 12.0. The van der Waals surface area contributed by atoms with Crippen molar-refractivity contribution < 1.29 is 12.8 Å². The minimum Gasteiger partial charge on any atom is -0.468 e. The van der Waals surface area contributed by atoms with E-state index in [-0.39, 0.29) is 5.75 Å². The number of nitriles is 1. The van der Waals surface area contributed by atoms with E-state index in [1.807, 2.05) is 6.07 Å². The highest BCUT2D eigenvalue weighted by atomic mass is 32.2. The molecule has 1 aromatic heterocycles. The Morgan fingerprint density at radius 1 is 1.30 bits per heavy atom. The molecule has 0 amide bonds. The fourth-order valence-corrected chi connectivity index (χ4v) is 3.17. The highest BCUT2D eigenvalue weighted by Gasteiger charge is 2.18. The molecule has 6 heteroatoms. The summed E-state index contributed by atoms with van der Waals surface area (Å²) in [5.74, 6) is 0.428. The van der Waals surface area contributed by atoms with Gasteiger partial charge in [0, 0.05) is 0 Å². The second-order valence-electron chi connectivity index (χ2n) is 4.42. The van der Waals surface area contributed by atoms with Crippen LogP contribution in [0.3, 0.4) is 0 Å². The lowest BCUT2D eigenvalue weighted by Crippen LogP contribution is -2.27. The summed E-state index contributed by atoms with van der Waals surface area (Å²) >= 11 is 0. The molecular weight excluding hydrogens is 276 g/mol. The predicted octanol–water partition coefficient (Wildman–Crippen LogP) is 2.33. The van der Waals surface area contributed by atoms with E-state index in [1.165, 1.54) is 6.26 Å². The number of nitrogens with one attached hydrogen (secondary N) is 1. The van der Waals surface area contributed by atoms with Crippen LogP contribution in [0, 0.1) is 11.3 Å². The minimum absolute atomic E-state index is 0.135. The third kappa shape index (κ3) is 3.70. The summed E-state index contributed by atoms with van der Waals surface area (Å²) in [6.45, 7) is 1.72. The van der Waals surface area contributed by atoms with Gasteiger partial charge in [0.1, 0.15) is 5.76 Å². The van der Waals surface area contributed by atoms with Crippen molar-refractivity contribution in [3.05, 3.63) is 59.5 Å². The van der Waals surface area contributed by atoms with Gasteiger partial charge in [-0.3, -0.25) is 0 Å². The molecule has 1 aromatic carbocycles. The fourth-order valence-electron chi connectivity index (χ4n) is 1.80. The highest BCUT2D eigenvalue weighted by Crippen LogP contribution is 2.15. The maximum Gasteiger partial charge on any atom is 0.216 e. The van der Waals surface area contributed by atoms with E-state index in [2.05, 4.69) is 4.72 Å². The Morgan fingerprint density at radius 2 is 2.00 bits per heavy atom. The number of furan rings is 1. The average Bonchev–Trinajstić information content (AvgIpc) is 2.92. The molecule has 1 heterocycles. The van der Waals surface area contributed by atoms with Gasteiger partial charge in [0.15, 0.2) is 0 Å². The summed E-state index contributed by atoms with van der Waals surface area (Å²) in [5.41, 5.74) is 1.13. The van der Waals surface area contributed by atoms with Crippen LogP contribution in [0.2, 0.25) is 0 Å². The van der Waals surface area contributed by atoms with E-state index < -0.39 is 16.1 Å². The molecule has 5 nitrogen and oxygen atoms in total. The maximum absolute atomic E-state index is 12.0. The van der Waals surface area contributed by atoms with Gasteiger partial charge < -0.3 is 4.42 Å². The quantitative estimate of drug-likeness (QED) is 0.916. The molecule has 0 saturated heterocycles. The molecule has 0 saturated carbocycles. The van der Waals surface area contributed by atoms with E-state index in [1.54, 1.807) is 43.3 Å². The summed E-state index contributed by atoms with van der Waals surface area (Å²) in [6, 6.07) is 11.5. The Kier molecular flexibility index (Phi) is 4.23. The van der Waals surface area contributed by atoms with Crippen molar-refractivity contribution in [2.24, 2.45) is 0 Å². The van der Waals surface area contributed by atoms with Crippen LogP contribution >= 0.6 is 0 Å². The summed E-state index contributed by atoms with van der Waals surface area (Å²) in [7, 11) is -3.47. The van der Waals surface area contributed by atoms with Crippen LogP contribution in [0.25, 0.3) is 0 Å². The third-order valence-electron chi connectivity index (χ3n) is 2.77. The zero-order valence-electron chi connectivity index (χ0n) is 10.9. The molecule has 2 aromatic rings. The summed E-state index contributed by atoms with van der Waals surface area (Å²) < 4.78 is 31.8. The summed E-state index contributed by atoms with van der Waals surface area (Å²) in [5, 5.41) is 8.69. The zero-order chi connectivity index (χ0) is 14.6. The number of rotatable bonds is 5. The Hall–Kier alpha value is -2.10. The van der Waals surface area contributed by atoms with E-state index in [0.29, 0.717) is 16.9 Å². The first kappa shape index (κ1) is 14.3.